The molecule has 3 N–H and O–H groups in total. The molecule has 11 heavy (non-hydrogen) atoms. The zero-order valence-electron chi connectivity index (χ0n) is 6.96. The molecule has 0 aromatic heterocycles. The third-order valence-corrected chi connectivity index (χ3v) is 1.57. The standard InChI is InChI=1S/C7H15NO3/c1-3-11-6(10)7(2,4-8)5-9/h9H,3-5,8H2,1-2H3/t7-/m1/s1. The lowest BCUT2D eigenvalue weighted by Crippen LogP contribution is -2.40. The van der Waals surface area contributed by atoms with Crippen molar-refractivity contribution in [3.63, 3.8) is 0 Å². The Morgan fingerprint density at radius 3 is 2.55 bits per heavy atom. The highest BCUT2D eigenvalue weighted by Crippen LogP contribution is 2.14. The molecule has 0 aliphatic carbocycles. The molecule has 0 unspecified atom stereocenters. The molecule has 0 spiro atoms. The maximum absolute atomic E-state index is 11.1. The highest BCUT2D eigenvalue weighted by atomic mass is 16.5. The summed E-state index contributed by atoms with van der Waals surface area (Å²) in [6.45, 7) is 3.43. The Morgan fingerprint density at radius 1 is 1.73 bits per heavy atom. The molecule has 4 nitrogen and oxygen atoms in total. The summed E-state index contributed by atoms with van der Waals surface area (Å²) in [6.07, 6.45) is 0. The Kier molecular flexibility index (Phi) is 4.07. The van der Waals surface area contributed by atoms with Crippen molar-refractivity contribution in [2.75, 3.05) is 19.8 Å². The van der Waals surface area contributed by atoms with Crippen LogP contribution in [0.3, 0.4) is 0 Å². The third-order valence-electron chi connectivity index (χ3n) is 1.57. The summed E-state index contributed by atoms with van der Waals surface area (Å²) in [4.78, 5) is 11.1. The number of aliphatic hydroxyl groups excluding tert-OH is 1. The van der Waals surface area contributed by atoms with Gasteiger partial charge >= 0.3 is 5.97 Å². The summed E-state index contributed by atoms with van der Waals surface area (Å²) >= 11 is 0. The number of ether oxygens (including phenoxy) is 1. The lowest BCUT2D eigenvalue weighted by atomic mass is 9.92. The molecule has 0 aromatic carbocycles. The Labute approximate surface area is 66.3 Å². The normalized spacial score (nSPS) is 15.6. The largest absolute Gasteiger partial charge is 0.465 e. The number of hydrogen-bond acceptors (Lipinski definition) is 4. The van der Waals surface area contributed by atoms with Gasteiger partial charge in [-0.3, -0.25) is 4.79 Å². The summed E-state index contributed by atoms with van der Waals surface area (Å²) in [5.41, 5.74) is 4.35. The van der Waals surface area contributed by atoms with Crippen LogP contribution in [-0.2, 0) is 9.53 Å². The van der Waals surface area contributed by atoms with E-state index < -0.39 is 11.4 Å². The van der Waals surface area contributed by atoms with Crippen LogP contribution in [0, 0.1) is 5.41 Å². The lowest BCUT2D eigenvalue weighted by molar-refractivity contribution is -0.156. The fourth-order valence-corrected chi connectivity index (χ4v) is 0.518. The van der Waals surface area contributed by atoms with E-state index >= 15 is 0 Å². The number of aliphatic hydroxyl groups is 1. The quantitative estimate of drug-likeness (QED) is 0.545. The molecular formula is C7H15NO3. The number of nitrogens with two attached hydrogens (primary N) is 1. The van der Waals surface area contributed by atoms with E-state index in [-0.39, 0.29) is 13.2 Å². The van der Waals surface area contributed by atoms with Crippen LogP contribution in [0.25, 0.3) is 0 Å². The first kappa shape index (κ1) is 10.4. The highest BCUT2D eigenvalue weighted by molar-refractivity contribution is 5.76. The van der Waals surface area contributed by atoms with E-state index in [0.717, 1.165) is 0 Å². The van der Waals surface area contributed by atoms with Crippen LogP contribution in [0.2, 0.25) is 0 Å². The van der Waals surface area contributed by atoms with Crippen molar-refractivity contribution in [3.8, 4) is 0 Å². The van der Waals surface area contributed by atoms with Gasteiger partial charge in [0.2, 0.25) is 0 Å². The van der Waals surface area contributed by atoms with Gasteiger partial charge in [-0.1, -0.05) is 0 Å². The van der Waals surface area contributed by atoms with Gasteiger partial charge in [0.25, 0.3) is 0 Å². The molecule has 0 aromatic rings. The molecular weight excluding hydrogens is 146 g/mol. The summed E-state index contributed by atoms with van der Waals surface area (Å²) < 4.78 is 4.71. The van der Waals surface area contributed by atoms with E-state index in [0.29, 0.717) is 6.61 Å². The van der Waals surface area contributed by atoms with Crippen LogP contribution in [0.5, 0.6) is 0 Å². The molecule has 0 radical (unpaired) electrons. The molecule has 0 aliphatic rings. The predicted octanol–water partition coefficient (Wildman–Crippen LogP) is -0.493. The number of esters is 1. The molecule has 0 bridgehead atoms. The van der Waals surface area contributed by atoms with Gasteiger partial charge in [-0.05, 0) is 13.8 Å². The Hall–Kier alpha value is -0.610. The topological polar surface area (TPSA) is 72.5 Å². The average molecular weight is 161 g/mol. The molecule has 0 aliphatic heterocycles. The summed E-state index contributed by atoms with van der Waals surface area (Å²) in [5, 5.41) is 8.80. The van der Waals surface area contributed by atoms with Gasteiger partial charge in [-0.25, -0.2) is 0 Å². The smallest absolute Gasteiger partial charge is 0.315 e. The first-order valence-electron chi connectivity index (χ1n) is 3.59. The average Bonchev–Trinajstić information content (AvgIpc) is 2.03. The van der Waals surface area contributed by atoms with Gasteiger partial charge in [-0.2, -0.15) is 0 Å². The second-order valence-corrected chi connectivity index (χ2v) is 2.64. The van der Waals surface area contributed by atoms with E-state index in [1.807, 2.05) is 0 Å². The van der Waals surface area contributed by atoms with Crippen LogP contribution in [0.15, 0.2) is 0 Å². The minimum atomic E-state index is -0.935. The molecule has 0 amide bonds. The van der Waals surface area contributed by atoms with Gasteiger partial charge in [0.15, 0.2) is 0 Å². The summed E-state index contributed by atoms with van der Waals surface area (Å²) in [6, 6.07) is 0. The van der Waals surface area contributed by atoms with Gasteiger partial charge in [-0.15, -0.1) is 0 Å². The SMILES string of the molecule is CCOC(=O)[C@](C)(CN)CO. The van der Waals surface area contributed by atoms with Crippen molar-refractivity contribution >= 4 is 5.97 Å². The van der Waals surface area contributed by atoms with Crippen molar-refractivity contribution in [1.82, 2.24) is 0 Å². The van der Waals surface area contributed by atoms with Crippen LogP contribution in [0.1, 0.15) is 13.8 Å². The number of rotatable bonds is 4. The fraction of sp³-hybridized carbons (Fsp3) is 0.857. The second-order valence-electron chi connectivity index (χ2n) is 2.64. The highest BCUT2D eigenvalue weighted by Gasteiger charge is 2.32. The predicted molar refractivity (Wildman–Crippen MR) is 40.9 cm³/mol. The molecule has 0 heterocycles. The van der Waals surface area contributed by atoms with Gasteiger partial charge in [0.05, 0.1) is 13.2 Å². The third kappa shape index (κ3) is 2.48. The minimum Gasteiger partial charge on any atom is -0.465 e. The van der Waals surface area contributed by atoms with Gasteiger partial charge < -0.3 is 15.6 Å². The zero-order chi connectivity index (χ0) is 8.91. The fourth-order valence-electron chi connectivity index (χ4n) is 0.518. The Balaban J connectivity index is 4.12. The summed E-state index contributed by atoms with van der Waals surface area (Å²) in [7, 11) is 0. The van der Waals surface area contributed by atoms with E-state index in [4.69, 9.17) is 15.6 Å². The van der Waals surface area contributed by atoms with Crippen LogP contribution in [-0.4, -0.2) is 30.8 Å². The van der Waals surface area contributed by atoms with Crippen molar-refractivity contribution in [3.05, 3.63) is 0 Å². The van der Waals surface area contributed by atoms with Crippen LogP contribution >= 0.6 is 0 Å². The Bertz CT molecular complexity index is 132. The molecule has 0 fully saturated rings. The van der Waals surface area contributed by atoms with Crippen molar-refractivity contribution < 1.29 is 14.6 Å². The van der Waals surface area contributed by atoms with Crippen molar-refractivity contribution in [2.45, 2.75) is 13.8 Å². The maximum atomic E-state index is 11.1. The van der Waals surface area contributed by atoms with Gasteiger partial charge in [0, 0.05) is 6.54 Å². The second kappa shape index (κ2) is 4.31. The molecule has 0 saturated carbocycles. The molecule has 1 atom stereocenters. The lowest BCUT2D eigenvalue weighted by Gasteiger charge is -2.22. The van der Waals surface area contributed by atoms with Crippen LogP contribution in [0.4, 0.5) is 0 Å². The van der Waals surface area contributed by atoms with E-state index in [2.05, 4.69) is 0 Å². The van der Waals surface area contributed by atoms with E-state index in [1.54, 1.807) is 13.8 Å². The Morgan fingerprint density at radius 2 is 2.27 bits per heavy atom. The van der Waals surface area contributed by atoms with E-state index in [9.17, 15) is 4.79 Å². The first-order valence-corrected chi connectivity index (χ1v) is 3.59. The number of hydrogen-bond donors (Lipinski definition) is 2. The molecule has 66 valence electrons. The molecule has 0 rings (SSSR count). The van der Waals surface area contributed by atoms with Crippen molar-refractivity contribution in [2.24, 2.45) is 11.1 Å². The number of carbonyl (C=O) groups excluding carboxylic acids is 1. The van der Waals surface area contributed by atoms with E-state index in [1.165, 1.54) is 0 Å². The molecule has 0 saturated heterocycles. The monoisotopic (exact) mass is 161 g/mol. The number of carbonyl (C=O) groups is 1. The van der Waals surface area contributed by atoms with Crippen molar-refractivity contribution in [1.29, 1.82) is 0 Å². The zero-order valence-corrected chi connectivity index (χ0v) is 6.96. The molecule has 4 heteroatoms. The maximum Gasteiger partial charge on any atom is 0.315 e. The van der Waals surface area contributed by atoms with Gasteiger partial charge in [0.1, 0.15) is 5.41 Å². The summed E-state index contributed by atoms with van der Waals surface area (Å²) in [5.74, 6) is -0.440. The minimum absolute atomic E-state index is 0.0995. The van der Waals surface area contributed by atoms with Crippen LogP contribution < -0.4 is 5.73 Å². The first-order chi connectivity index (χ1) is 5.10.